The maximum Gasteiger partial charge on any atom is 0.335 e. The summed E-state index contributed by atoms with van der Waals surface area (Å²) < 4.78 is 45.7. The highest BCUT2D eigenvalue weighted by atomic mass is 32.2. The SMILES string of the molecule is O=C(O)c1cc(F)cc(S(=O)(=O)N2CCC23CCOCC3)c1. The van der Waals surface area contributed by atoms with E-state index in [0.29, 0.717) is 32.6 Å². The van der Waals surface area contributed by atoms with Crippen LogP contribution < -0.4 is 0 Å². The Morgan fingerprint density at radius 1 is 1.23 bits per heavy atom. The van der Waals surface area contributed by atoms with Gasteiger partial charge in [0.2, 0.25) is 10.0 Å². The van der Waals surface area contributed by atoms with Crippen LogP contribution in [-0.2, 0) is 14.8 Å². The Morgan fingerprint density at radius 2 is 1.91 bits per heavy atom. The normalized spacial score (nSPS) is 21.5. The summed E-state index contributed by atoms with van der Waals surface area (Å²) in [7, 11) is -3.91. The smallest absolute Gasteiger partial charge is 0.335 e. The third-order valence-electron chi connectivity index (χ3n) is 4.44. The summed E-state index contributed by atoms with van der Waals surface area (Å²) in [6.45, 7) is 1.35. The van der Waals surface area contributed by atoms with Gasteiger partial charge in [-0.2, -0.15) is 4.31 Å². The van der Waals surface area contributed by atoms with Gasteiger partial charge in [-0.1, -0.05) is 0 Å². The van der Waals surface area contributed by atoms with Gasteiger partial charge < -0.3 is 9.84 Å². The minimum atomic E-state index is -3.91. The predicted molar refractivity (Wildman–Crippen MR) is 74.7 cm³/mol. The molecular weight excluding hydrogens is 313 g/mol. The average molecular weight is 329 g/mol. The molecule has 2 aliphatic rings. The fourth-order valence-corrected chi connectivity index (χ4v) is 5.01. The summed E-state index contributed by atoms with van der Waals surface area (Å²) >= 11 is 0. The number of benzene rings is 1. The van der Waals surface area contributed by atoms with Gasteiger partial charge in [-0.15, -0.1) is 0 Å². The molecule has 2 fully saturated rings. The largest absolute Gasteiger partial charge is 0.478 e. The predicted octanol–water partition coefficient (Wildman–Crippen LogP) is 1.47. The fraction of sp³-hybridized carbons (Fsp3) is 0.500. The van der Waals surface area contributed by atoms with Crippen molar-refractivity contribution >= 4 is 16.0 Å². The molecule has 0 aliphatic carbocycles. The van der Waals surface area contributed by atoms with Crippen molar-refractivity contribution < 1.29 is 27.4 Å². The van der Waals surface area contributed by atoms with E-state index in [4.69, 9.17) is 9.84 Å². The number of sulfonamides is 1. The Labute approximate surface area is 127 Å². The third-order valence-corrected chi connectivity index (χ3v) is 6.42. The Bertz CT molecular complexity index is 712. The maximum absolute atomic E-state index is 13.6. The molecule has 2 saturated heterocycles. The van der Waals surface area contributed by atoms with Gasteiger partial charge >= 0.3 is 5.97 Å². The zero-order valence-electron chi connectivity index (χ0n) is 11.8. The molecule has 1 spiro atoms. The number of carboxylic acids is 1. The summed E-state index contributed by atoms with van der Waals surface area (Å²) in [5, 5.41) is 8.96. The number of ether oxygens (including phenoxy) is 1. The number of aromatic carboxylic acids is 1. The van der Waals surface area contributed by atoms with Gasteiger partial charge in [0.1, 0.15) is 5.82 Å². The van der Waals surface area contributed by atoms with Gasteiger partial charge in [-0.25, -0.2) is 17.6 Å². The highest BCUT2D eigenvalue weighted by Crippen LogP contribution is 2.43. The van der Waals surface area contributed by atoms with E-state index in [1.807, 2.05) is 0 Å². The molecule has 3 rings (SSSR count). The van der Waals surface area contributed by atoms with Crippen LogP contribution in [0.15, 0.2) is 23.1 Å². The zero-order chi connectivity index (χ0) is 16.0. The van der Waals surface area contributed by atoms with Gasteiger partial charge in [-0.3, -0.25) is 0 Å². The van der Waals surface area contributed by atoms with Crippen LogP contribution in [-0.4, -0.2) is 49.1 Å². The second kappa shape index (κ2) is 5.29. The molecule has 8 heteroatoms. The summed E-state index contributed by atoms with van der Waals surface area (Å²) in [5.41, 5.74) is -0.840. The molecule has 2 heterocycles. The van der Waals surface area contributed by atoms with Crippen molar-refractivity contribution in [2.75, 3.05) is 19.8 Å². The fourth-order valence-electron chi connectivity index (χ4n) is 3.11. The average Bonchev–Trinajstić information content (AvgIpc) is 2.46. The number of rotatable bonds is 3. The summed E-state index contributed by atoms with van der Waals surface area (Å²) in [5.74, 6) is -2.24. The van der Waals surface area contributed by atoms with E-state index in [9.17, 15) is 17.6 Å². The standard InChI is InChI=1S/C14H16FNO5S/c15-11-7-10(13(17)18)8-12(9-11)22(19,20)16-4-1-14(16)2-5-21-6-3-14/h7-9H,1-6H2,(H,17,18). The van der Waals surface area contributed by atoms with E-state index in [1.165, 1.54) is 4.31 Å². The molecular formula is C14H16FNO5S. The molecule has 0 saturated carbocycles. The number of nitrogens with zero attached hydrogens (tertiary/aromatic N) is 1. The second-order valence-electron chi connectivity index (χ2n) is 5.64. The molecule has 22 heavy (non-hydrogen) atoms. The molecule has 1 aromatic carbocycles. The van der Waals surface area contributed by atoms with Crippen LogP contribution in [0.5, 0.6) is 0 Å². The molecule has 6 nitrogen and oxygen atoms in total. The van der Waals surface area contributed by atoms with Crippen LogP contribution >= 0.6 is 0 Å². The van der Waals surface area contributed by atoms with Gasteiger partial charge in [-0.05, 0) is 37.5 Å². The first kappa shape index (κ1) is 15.4. The first-order valence-electron chi connectivity index (χ1n) is 7.00. The molecule has 120 valence electrons. The molecule has 1 aromatic rings. The highest BCUT2D eigenvalue weighted by Gasteiger charge is 2.51. The van der Waals surface area contributed by atoms with Crippen molar-refractivity contribution in [3.05, 3.63) is 29.6 Å². The van der Waals surface area contributed by atoms with E-state index < -0.39 is 27.3 Å². The quantitative estimate of drug-likeness (QED) is 0.908. The molecule has 0 atom stereocenters. The van der Waals surface area contributed by atoms with Gasteiger partial charge in [0.25, 0.3) is 0 Å². The second-order valence-corrected chi connectivity index (χ2v) is 7.51. The zero-order valence-corrected chi connectivity index (χ0v) is 12.6. The lowest BCUT2D eigenvalue weighted by Crippen LogP contribution is -2.63. The molecule has 0 unspecified atom stereocenters. The minimum absolute atomic E-state index is 0.310. The van der Waals surface area contributed by atoms with Crippen LogP contribution in [0.3, 0.4) is 0 Å². The molecule has 0 amide bonds. The van der Waals surface area contributed by atoms with Crippen molar-refractivity contribution in [3.63, 3.8) is 0 Å². The van der Waals surface area contributed by atoms with Crippen molar-refractivity contribution in [1.29, 1.82) is 0 Å². The molecule has 1 N–H and O–H groups in total. The highest BCUT2D eigenvalue weighted by molar-refractivity contribution is 7.89. The van der Waals surface area contributed by atoms with E-state index in [2.05, 4.69) is 0 Å². The Balaban J connectivity index is 1.98. The molecule has 0 bridgehead atoms. The first-order valence-corrected chi connectivity index (χ1v) is 8.44. The van der Waals surface area contributed by atoms with Crippen molar-refractivity contribution in [2.24, 2.45) is 0 Å². The van der Waals surface area contributed by atoms with Crippen LogP contribution in [0.4, 0.5) is 4.39 Å². The minimum Gasteiger partial charge on any atom is -0.478 e. The van der Waals surface area contributed by atoms with Gasteiger partial charge in [0, 0.05) is 25.3 Å². The monoisotopic (exact) mass is 329 g/mol. The molecule has 0 radical (unpaired) electrons. The first-order chi connectivity index (χ1) is 10.3. The van der Waals surface area contributed by atoms with Crippen LogP contribution in [0.2, 0.25) is 0 Å². The maximum atomic E-state index is 13.6. The summed E-state index contributed by atoms with van der Waals surface area (Å²) in [6, 6.07) is 2.68. The van der Waals surface area contributed by atoms with Gasteiger partial charge in [0.15, 0.2) is 0 Å². The Kier molecular flexibility index (Phi) is 3.70. The Hall–Kier alpha value is -1.51. The molecule has 0 aromatic heterocycles. The summed E-state index contributed by atoms with van der Waals surface area (Å²) in [6.07, 6.45) is 1.96. The van der Waals surface area contributed by atoms with Crippen LogP contribution in [0.1, 0.15) is 29.6 Å². The van der Waals surface area contributed by atoms with Crippen molar-refractivity contribution in [2.45, 2.75) is 29.7 Å². The lowest BCUT2D eigenvalue weighted by atomic mass is 9.81. The number of carbonyl (C=O) groups is 1. The summed E-state index contributed by atoms with van der Waals surface area (Å²) in [4.78, 5) is 10.7. The topological polar surface area (TPSA) is 83.9 Å². The van der Waals surface area contributed by atoms with E-state index >= 15 is 0 Å². The van der Waals surface area contributed by atoms with Crippen LogP contribution in [0, 0.1) is 5.82 Å². The van der Waals surface area contributed by atoms with Crippen molar-refractivity contribution in [3.8, 4) is 0 Å². The Morgan fingerprint density at radius 3 is 2.45 bits per heavy atom. The lowest BCUT2D eigenvalue weighted by molar-refractivity contribution is -0.0426. The van der Waals surface area contributed by atoms with E-state index in [1.54, 1.807) is 0 Å². The van der Waals surface area contributed by atoms with Crippen LogP contribution in [0.25, 0.3) is 0 Å². The number of hydrogen-bond acceptors (Lipinski definition) is 4. The number of hydrogen-bond donors (Lipinski definition) is 1. The van der Waals surface area contributed by atoms with E-state index in [0.717, 1.165) is 24.6 Å². The van der Waals surface area contributed by atoms with Gasteiger partial charge in [0.05, 0.1) is 10.5 Å². The van der Waals surface area contributed by atoms with Crippen molar-refractivity contribution in [1.82, 2.24) is 4.31 Å². The lowest BCUT2D eigenvalue weighted by Gasteiger charge is -2.53. The number of carboxylic acid groups (broad SMARTS) is 1. The third kappa shape index (κ3) is 2.41. The molecule has 2 aliphatic heterocycles. The number of halogens is 1. The van der Waals surface area contributed by atoms with E-state index in [-0.39, 0.29) is 10.5 Å².